The smallest absolute Gasteiger partial charge is 0.282 e. The van der Waals surface area contributed by atoms with Gasteiger partial charge in [0, 0.05) is 26.2 Å². The molecule has 0 aromatic heterocycles. The molecule has 4 rings (SSSR count). The molecule has 1 saturated heterocycles. The molecule has 30 heavy (non-hydrogen) atoms. The number of aryl methyl sites for hydroxylation is 2. The summed E-state index contributed by atoms with van der Waals surface area (Å²) < 4.78 is 5.44. The van der Waals surface area contributed by atoms with Crippen LogP contribution in [0.2, 0.25) is 0 Å². The third-order valence-corrected chi connectivity index (χ3v) is 6.00. The van der Waals surface area contributed by atoms with Crippen molar-refractivity contribution in [2.45, 2.75) is 13.8 Å². The SMILES string of the molecule is COc1ccccc1N1C(=O)C(c2ccc(C)c(C)c2)=C(N2CCN(C)CC2)C1=O. The number of anilines is 1. The van der Waals surface area contributed by atoms with Crippen LogP contribution in [-0.4, -0.2) is 62.0 Å². The number of amides is 2. The maximum absolute atomic E-state index is 13.7. The minimum absolute atomic E-state index is 0.290. The number of hydrogen-bond donors (Lipinski definition) is 0. The molecule has 0 radical (unpaired) electrons. The quantitative estimate of drug-likeness (QED) is 0.733. The lowest BCUT2D eigenvalue weighted by atomic mass is 9.99. The van der Waals surface area contributed by atoms with Crippen molar-refractivity contribution in [3.05, 3.63) is 64.9 Å². The zero-order valence-corrected chi connectivity index (χ0v) is 17.9. The summed E-state index contributed by atoms with van der Waals surface area (Å²) in [6.07, 6.45) is 0. The number of benzene rings is 2. The number of hydrogen-bond acceptors (Lipinski definition) is 5. The predicted molar refractivity (Wildman–Crippen MR) is 117 cm³/mol. The van der Waals surface area contributed by atoms with E-state index in [9.17, 15) is 9.59 Å². The normalized spacial score (nSPS) is 17.9. The summed E-state index contributed by atoms with van der Waals surface area (Å²) in [6, 6.07) is 13.1. The molecule has 2 aromatic rings. The Bertz CT molecular complexity index is 1040. The summed E-state index contributed by atoms with van der Waals surface area (Å²) in [4.78, 5) is 32.8. The van der Waals surface area contributed by atoms with Gasteiger partial charge in [0.15, 0.2) is 0 Å². The van der Waals surface area contributed by atoms with E-state index in [0.717, 1.165) is 29.8 Å². The zero-order chi connectivity index (χ0) is 21.4. The van der Waals surface area contributed by atoms with Crippen molar-refractivity contribution in [1.82, 2.24) is 9.80 Å². The van der Waals surface area contributed by atoms with Crippen molar-refractivity contribution in [2.75, 3.05) is 45.2 Å². The van der Waals surface area contributed by atoms with E-state index >= 15 is 0 Å². The molecule has 0 N–H and O–H groups in total. The summed E-state index contributed by atoms with van der Waals surface area (Å²) in [6.45, 7) is 7.17. The number of carbonyl (C=O) groups is 2. The molecule has 6 heteroatoms. The van der Waals surface area contributed by atoms with E-state index in [4.69, 9.17) is 4.74 Å². The van der Waals surface area contributed by atoms with Crippen LogP contribution in [0.5, 0.6) is 5.75 Å². The number of nitrogens with zero attached hydrogens (tertiary/aromatic N) is 3. The standard InChI is InChI=1S/C24H27N3O3/c1-16-9-10-18(15-17(16)2)21-22(26-13-11-25(3)12-14-26)24(29)27(23(21)28)19-7-5-6-8-20(19)30-4/h5-10,15H,11-14H2,1-4H3. The summed E-state index contributed by atoms with van der Waals surface area (Å²) in [5.74, 6) is -0.0952. The lowest BCUT2D eigenvalue weighted by Gasteiger charge is -2.34. The number of para-hydroxylation sites is 2. The second-order valence-electron chi connectivity index (χ2n) is 7.93. The Morgan fingerprint density at radius 2 is 1.57 bits per heavy atom. The number of carbonyl (C=O) groups excluding carboxylic acids is 2. The van der Waals surface area contributed by atoms with Gasteiger partial charge in [-0.25, -0.2) is 4.90 Å². The molecule has 0 bridgehead atoms. The monoisotopic (exact) mass is 405 g/mol. The van der Waals surface area contributed by atoms with Crippen molar-refractivity contribution < 1.29 is 14.3 Å². The molecule has 6 nitrogen and oxygen atoms in total. The average molecular weight is 405 g/mol. The fraction of sp³-hybridized carbons (Fsp3) is 0.333. The first kappa shape index (κ1) is 20.2. The highest BCUT2D eigenvalue weighted by Gasteiger charge is 2.43. The van der Waals surface area contributed by atoms with Gasteiger partial charge in [0.1, 0.15) is 11.4 Å². The van der Waals surface area contributed by atoms with Crippen molar-refractivity contribution in [3.8, 4) is 5.75 Å². The molecule has 0 atom stereocenters. The number of methoxy groups -OCH3 is 1. The van der Waals surface area contributed by atoms with E-state index in [2.05, 4.69) is 16.8 Å². The third-order valence-electron chi connectivity index (χ3n) is 6.00. The summed E-state index contributed by atoms with van der Waals surface area (Å²) in [7, 11) is 3.61. The molecular weight excluding hydrogens is 378 g/mol. The molecular formula is C24H27N3O3. The molecule has 2 aliphatic heterocycles. The Labute approximate surface area is 177 Å². The number of piperazine rings is 1. The molecule has 0 saturated carbocycles. The van der Waals surface area contributed by atoms with Gasteiger partial charge in [0.2, 0.25) is 0 Å². The first-order valence-electron chi connectivity index (χ1n) is 10.2. The van der Waals surface area contributed by atoms with E-state index in [1.807, 2.05) is 44.2 Å². The van der Waals surface area contributed by atoms with Gasteiger partial charge in [-0.05, 0) is 49.7 Å². The fourth-order valence-corrected chi connectivity index (χ4v) is 4.03. The third kappa shape index (κ3) is 3.37. The van der Waals surface area contributed by atoms with Gasteiger partial charge in [0.05, 0.1) is 18.4 Å². The van der Waals surface area contributed by atoms with Gasteiger partial charge >= 0.3 is 0 Å². The maximum Gasteiger partial charge on any atom is 0.282 e. The van der Waals surface area contributed by atoms with E-state index in [1.54, 1.807) is 19.2 Å². The van der Waals surface area contributed by atoms with Crippen LogP contribution in [-0.2, 0) is 9.59 Å². The van der Waals surface area contributed by atoms with Crippen molar-refractivity contribution in [1.29, 1.82) is 0 Å². The van der Waals surface area contributed by atoms with E-state index in [-0.39, 0.29) is 11.8 Å². The molecule has 2 heterocycles. The van der Waals surface area contributed by atoms with Crippen LogP contribution in [0, 0.1) is 13.8 Å². The van der Waals surface area contributed by atoms with Gasteiger partial charge in [-0.3, -0.25) is 9.59 Å². The maximum atomic E-state index is 13.7. The van der Waals surface area contributed by atoms with Gasteiger partial charge < -0.3 is 14.5 Å². The topological polar surface area (TPSA) is 53.1 Å². The molecule has 0 spiro atoms. The minimum atomic E-state index is -0.304. The highest BCUT2D eigenvalue weighted by atomic mass is 16.5. The molecule has 1 fully saturated rings. The van der Waals surface area contributed by atoms with Gasteiger partial charge in [0.25, 0.3) is 11.8 Å². The van der Waals surface area contributed by atoms with Crippen molar-refractivity contribution in [2.24, 2.45) is 0 Å². The lowest BCUT2D eigenvalue weighted by Crippen LogP contribution is -2.46. The second kappa shape index (κ2) is 7.95. The van der Waals surface area contributed by atoms with E-state index in [0.29, 0.717) is 35.8 Å². The van der Waals surface area contributed by atoms with Gasteiger partial charge in [-0.2, -0.15) is 0 Å². The Balaban J connectivity index is 1.85. The van der Waals surface area contributed by atoms with Gasteiger partial charge in [-0.1, -0.05) is 30.3 Å². The summed E-state index contributed by atoms with van der Waals surface area (Å²) in [5.41, 5.74) is 4.46. The molecule has 2 aromatic carbocycles. The van der Waals surface area contributed by atoms with Crippen LogP contribution in [0.4, 0.5) is 5.69 Å². The average Bonchev–Trinajstić information content (AvgIpc) is 3.00. The number of imide groups is 1. The van der Waals surface area contributed by atoms with Crippen LogP contribution in [0.3, 0.4) is 0 Å². The Morgan fingerprint density at radius 3 is 2.23 bits per heavy atom. The van der Waals surface area contributed by atoms with Crippen molar-refractivity contribution in [3.63, 3.8) is 0 Å². The molecule has 0 unspecified atom stereocenters. The number of ether oxygens (including phenoxy) is 1. The molecule has 2 amide bonds. The van der Waals surface area contributed by atoms with Crippen LogP contribution in [0.15, 0.2) is 48.2 Å². The second-order valence-corrected chi connectivity index (χ2v) is 7.93. The molecule has 2 aliphatic rings. The largest absolute Gasteiger partial charge is 0.495 e. The van der Waals surface area contributed by atoms with Crippen LogP contribution in [0.1, 0.15) is 16.7 Å². The van der Waals surface area contributed by atoms with Crippen molar-refractivity contribution >= 4 is 23.1 Å². The molecule has 156 valence electrons. The van der Waals surface area contributed by atoms with Crippen LogP contribution in [0.25, 0.3) is 5.57 Å². The first-order valence-corrected chi connectivity index (χ1v) is 10.2. The van der Waals surface area contributed by atoms with E-state index in [1.165, 1.54) is 4.90 Å². The highest BCUT2D eigenvalue weighted by Crippen LogP contribution is 2.39. The Morgan fingerprint density at radius 1 is 0.867 bits per heavy atom. The highest BCUT2D eigenvalue weighted by molar-refractivity contribution is 6.45. The zero-order valence-electron chi connectivity index (χ0n) is 17.9. The molecule has 0 aliphatic carbocycles. The summed E-state index contributed by atoms with van der Waals surface area (Å²) in [5, 5.41) is 0. The van der Waals surface area contributed by atoms with E-state index < -0.39 is 0 Å². The Kier molecular flexibility index (Phi) is 5.35. The lowest BCUT2D eigenvalue weighted by molar-refractivity contribution is -0.120. The van der Waals surface area contributed by atoms with Crippen LogP contribution >= 0.6 is 0 Å². The summed E-state index contributed by atoms with van der Waals surface area (Å²) >= 11 is 0. The minimum Gasteiger partial charge on any atom is -0.495 e. The Hall–Kier alpha value is -3.12. The van der Waals surface area contributed by atoms with Crippen LogP contribution < -0.4 is 9.64 Å². The number of rotatable bonds is 4. The first-order chi connectivity index (χ1) is 14.4. The fourth-order valence-electron chi connectivity index (χ4n) is 4.03. The number of likely N-dealkylation sites (N-methyl/N-ethyl adjacent to an activating group) is 1. The predicted octanol–water partition coefficient (Wildman–Crippen LogP) is 2.84. The van der Waals surface area contributed by atoms with Gasteiger partial charge in [-0.15, -0.1) is 0 Å².